The number of likely N-dealkylation sites (N-methyl/N-ethyl adjacent to an activating group) is 1. The zero-order chi connectivity index (χ0) is 15.9. The van der Waals surface area contributed by atoms with Gasteiger partial charge in [-0.3, -0.25) is 0 Å². The van der Waals surface area contributed by atoms with E-state index in [1.54, 1.807) is 12.3 Å². The average molecular weight is 299 g/mol. The van der Waals surface area contributed by atoms with E-state index in [-0.39, 0.29) is 11.5 Å². The Kier molecular flexibility index (Phi) is 5.39. The quantitative estimate of drug-likeness (QED) is 0.817. The number of hydrogen-bond donors (Lipinski definition) is 0. The minimum Gasteiger partial charge on any atom is -0.350 e. The Labute approximate surface area is 129 Å². The Morgan fingerprint density at radius 2 is 2.00 bits per heavy atom. The summed E-state index contributed by atoms with van der Waals surface area (Å²) < 4.78 is 13.3. The van der Waals surface area contributed by atoms with Crippen molar-refractivity contribution in [2.45, 2.75) is 6.54 Å². The van der Waals surface area contributed by atoms with Crippen molar-refractivity contribution < 1.29 is 4.39 Å². The maximum absolute atomic E-state index is 13.3. The molecule has 0 bridgehead atoms. The molecule has 2 aromatic rings. The first-order valence-electron chi connectivity index (χ1n) is 6.95. The molecule has 0 aliphatic rings. The molecule has 0 unspecified atom stereocenters. The first-order chi connectivity index (χ1) is 10.6. The lowest BCUT2D eigenvalue weighted by Gasteiger charge is -2.25. The molecule has 0 atom stereocenters. The standard InChI is InChI=1S/C16H18FN5/c1-21(2)6-7-22(12-13-4-3-5-14(17)8-13)16-11-19-15(9-18)10-20-16/h3-5,8,10-11H,6-7,12H2,1-2H3. The maximum Gasteiger partial charge on any atom is 0.158 e. The van der Waals surface area contributed by atoms with E-state index in [2.05, 4.69) is 14.9 Å². The van der Waals surface area contributed by atoms with Gasteiger partial charge in [-0.05, 0) is 31.8 Å². The lowest BCUT2D eigenvalue weighted by molar-refractivity contribution is 0.412. The molecule has 5 nitrogen and oxygen atoms in total. The first-order valence-corrected chi connectivity index (χ1v) is 6.95. The van der Waals surface area contributed by atoms with Crippen molar-refractivity contribution in [3.63, 3.8) is 0 Å². The Hall–Kier alpha value is -2.52. The van der Waals surface area contributed by atoms with E-state index in [0.29, 0.717) is 12.4 Å². The van der Waals surface area contributed by atoms with Crippen LogP contribution in [0.1, 0.15) is 11.3 Å². The van der Waals surface area contributed by atoms with Gasteiger partial charge in [0, 0.05) is 19.6 Å². The Bertz CT molecular complexity index is 648. The summed E-state index contributed by atoms with van der Waals surface area (Å²) in [6.45, 7) is 2.09. The molecule has 0 aliphatic heterocycles. The molecule has 0 N–H and O–H groups in total. The van der Waals surface area contributed by atoms with Crippen LogP contribution in [0.2, 0.25) is 0 Å². The molecule has 0 spiro atoms. The van der Waals surface area contributed by atoms with Gasteiger partial charge in [0.1, 0.15) is 17.7 Å². The fourth-order valence-electron chi connectivity index (χ4n) is 1.99. The van der Waals surface area contributed by atoms with Gasteiger partial charge >= 0.3 is 0 Å². The van der Waals surface area contributed by atoms with Gasteiger partial charge in [0.25, 0.3) is 0 Å². The molecule has 0 saturated heterocycles. The van der Waals surface area contributed by atoms with Crippen LogP contribution in [0.5, 0.6) is 0 Å². The highest BCUT2D eigenvalue weighted by Gasteiger charge is 2.10. The average Bonchev–Trinajstić information content (AvgIpc) is 2.51. The number of aromatic nitrogens is 2. The third-order valence-electron chi connectivity index (χ3n) is 3.16. The second-order valence-electron chi connectivity index (χ2n) is 5.23. The Morgan fingerprint density at radius 1 is 1.18 bits per heavy atom. The smallest absolute Gasteiger partial charge is 0.158 e. The molecule has 1 aromatic heterocycles. The summed E-state index contributed by atoms with van der Waals surface area (Å²) in [6.07, 6.45) is 3.02. The van der Waals surface area contributed by atoms with Crippen LogP contribution in [0.4, 0.5) is 10.2 Å². The van der Waals surface area contributed by atoms with Crippen molar-refractivity contribution in [3.8, 4) is 6.07 Å². The molecule has 114 valence electrons. The van der Waals surface area contributed by atoms with Crippen LogP contribution in [-0.2, 0) is 6.54 Å². The SMILES string of the molecule is CN(C)CCN(Cc1cccc(F)c1)c1cnc(C#N)cn1. The van der Waals surface area contributed by atoms with E-state index in [9.17, 15) is 4.39 Å². The van der Waals surface area contributed by atoms with Gasteiger partial charge in [0.05, 0.1) is 12.4 Å². The topological polar surface area (TPSA) is 56.0 Å². The summed E-state index contributed by atoms with van der Waals surface area (Å²) in [4.78, 5) is 12.4. The molecule has 22 heavy (non-hydrogen) atoms. The summed E-state index contributed by atoms with van der Waals surface area (Å²) in [7, 11) is 3.98. The van der Waals surface area contributed by atoms with Crippen LogP contribution in [0.15, 0.2) is 36.7 Å². The second-order valence-corrected chi connectivity index (χ2v) is 5.23. The minimum atomic E-state index is -0.254. The van der Waals surface area contributed by atoms with Gasteiger partial charge in [0.2, 0.25) is 0 Å². The van der Waals surface area contributed by atoms with Crippen LogP contribution >= 0.6 is 0 Å². The molecule has 0 aliphatic carbocycles. The van der Waals surface area contributed by atoms with E-state index in [1.165, 1.54) is 18.3 Å². The van der Waals surface area contributed by atoms with E-state index in [1.807, 2.05) is 31.1 Å². The molecule has 0 amide bonds. The van der Waals surface area contributed by atoms with Gasteiger partial charge in [-0.2, -0.15) is 5.26 Å². The molecular weight excluding hydrogens is 281 g/mol. The molecular formula is C16H18FN5. The number of benzene rings is 1. The molecule has 6 heteroatoms. The van der Waals surface area contributed by atoms with E-state index in [4.69, 9.17) is 5.26 Å². The van der Waals surface area contributed by atoms with Gasteiger partial charge < -0.3 is 9.80 Å². The molecule has 0 saturated carbocycles. The predicted octanol–water partition coefficient (Wildman–Crippen LogP) is 2.06. The molecule has 0 fully saturated rings. The van der Waals surface area contributed by atoms with Crippen LogP contribution < -0.4 is 4.90 Å². The van der Waals surface area contributed by atoms with Crippen LogP contribution in [-0.4, -0.2) is 42.1 Å². The zero-order valence-corrected chi connectivity index (χ0v) is 12.7. The molecule has 0 radical (unpaired) electrons. The third kappa shape index (κ3) is 4.50. The number of hydrogen-bond acceptors (Lipinski definition) is 5. The Balaban J connectivity index is 2.19. The van der Waals surface area contributed by atoms with Gasteiger partial charge in [-0.25, -0.2) is 14.4 Å². The Morgan fingerprint density at radius 3 is 2.59 bits per heavy atom. The molecule has 2 rings (SSSR count). The van der Waals surface area contributed by atoms with Crippen molar-refractivity contribution in [1.82, 2.24) is 14.9 Å². The largest absolute Gasteiger partial charge is 0.350 e. The zero-order valence-electron chi connectivity index (χ0n) is 12.7. The van der Waals surface area contributed by atoms with Crippen molar-refractivity contribution >= 4 is 5.82 Å². The molecule has 1 aromatic carbocycles. The highest BCUT2D eigenvalue weighted by atomic mass is 19.1. The van der Waals surface area contributed by atoms with Crippen LogP contribution in [0.3, 0.4) is 0 Å². The summed E-state index contributed by atoms with van der Waals surface area (Å²) in [6, 6.07) is 8.46. The van der Waals surface area contributed by atoms with Gasteiger partial charge in [-0.15, -0.1) is 0 Å². The summed E-state index contributed by atoms with van der Waals surface area (Å²) in [5, 5.41) is 8.79. The summed E-state index contributed by atoms with van der Waals surface area (Å²) in [5.41, 5.74) is 1.15. The third-order valence-corrected chi connectivity index (χ3v) is 3.16. The number of nitriles is 1. The summed E-state index contributed by atoms with van der Waals surface area (Å²) in [5.74, 6) is 0.418. The fraction of sp³-hybridized carbons (Fsp3) is 0.312. The van der Waals surface area contributed by atoms with Crippen LogP contribution in [0.25, 0.3) is 0 Å². The van der Waals surface area contributed by atoms with Gasteiger partial charge in [-0.1, -0.05) is 12.1 Å². The highest BCUT2D eigenvalue weighted by Crippen LogP contribution is 2.14. The van der Waals surface area contributed by atoms with E-state index < -0.39 is 0 Å². The van der Waals surface area contributed by atoms with E-state index in [0.717, 1.165) is 18.7 Å². The lowest BCUT2D eigenvalue weighted by atomic mass is 10.2. The number of nitrogens with zero attached hydrogens (tertiary/aromatic N) is 5. The normalized spacial score (nSPS) is 10.5. The molecule has 1 heterocycles. The van der Waals surface area contributed by atoms with Crippen molar-refractivity contribution in [3.05, 3.63) is 53.7 Å². The van der Waals surface area contributed by atoms with Gasteiger partial charge in [0.15, 0.2) is 5.69 Å². The predicted molar refractivity (Wildman–Crippen MR) is 82.8 cm³/mol. The lowest BCUT2D eigenvalue weighted by Crippen LogP contribution is -2.32. The van der Waals surface area contributed by atoms with Crippen molar-refractivity contribution in [2.75, 3.05) is 32.1 Å². The highest BCUT2D eigenvalue weighted by molar-refractivity contribution is 5.38. The minimum absolute atomic E-state index is 0.254. The monoisotopic (exact) mass is 299 g/mol. The maximum atomic E-state index is 13.3. The first kappa shape index (κ1) is 15.9. The summed E-state index contributed by atoms with van der Waals surface area (Å²) >= 11 is 0. The number of rotatable bonds is 6. The number of halogens is 1. The number of anilines is 1. The van der Waals surface area contributed by atoms with Crippen LogP contribution in [0, 0.1) is 17.1 Å². The van der Waals surface area contributed by atoms with Crippen molar-refractivity contribution in [1.29, 1.82) is 5.26 Å². The fourth-order valence-corrected chi connectivity index (χ4v) is 1.99. The van der Waals surface area contributed by atoms with E-state index >= 15 is 0 Å². The second kappa shape index (κ2) is 7.48. The van der Waals surface area contributed by atoms with Crippen molar-refractivity contribution in [2.24, 2.45) is 0 Å².